The Balaban J connectivity index is 2.92. The number of benzene rings is 1. The van der Waals surface area contributed by atoms with E-state index < -0.39 is 0 Å². The highest BCUT2D eigenvalue weighted by atomic mass is 16.5. The molecule has 0 aliphatic rings. The first-order valence-corrected chi connectivity index (χ1v) is 4.74. The van der Waals surface area contributed by atoms with E-state index in [0.717, 1.165) is 5.56 Å². The number of hydrogen-bond donors (Lipinski definition) is 0. The molecule has 0 heterocycles. The number of rotatable bonds is 4. The number of esters is 1. The fourth-order valence-electron chi connectivity index (χ4n) is 1.45. The third-order valence-electron chi connectivity index (χ3n) is 2.29. The van der Waals surface area contributed by atoms with Gasteiger partial charge in [0, 0.05) is 0 Å². The first-order chi connectivity index (χ1) is 7.22. The number of methoxy groups -OCH3 is 1. The van der Waals surface area contributed by atoms with Crippen LogP contribution in [-0.4, -0.2) is 13.1 Å². The second-order valence-electron chi connectivity index (χ2n) is 3.17. The van der Waals surface area contributed by atoms with E-state index in [2.05, 4.69) is 5.18 Å². The monoisotopic (exact) mass is 207 g/mol. The molecular formula is C11H13NO3. The van der Waals surface area contributed by atoms with Crippen LogP contribution in [0.3, 0.4) is 0 Å². The van der Waals surface area contributed by atoms with Gasteiger partial charge in [-0.15, -0.1) is 4.91 Å². The lowest BCUT2D eigenvalue weighted by Crippen LogP contribution is -2.13. The predicted molar refractivity (Wildman–Crippen MR) is 56.9 cm³/mol. The summed E-state index contributed by atoms with van der Waals surface area (Å²) in [5.41, 5.74) is 1.20. The third kappa shape index (κ3) is 2.62. The van der Waals surface area contributed by atoms with Crippen LogP contribution in [0.15, 0.2) is 29.4 Å². The van der Waals surface area contributed by atoms with Crippen LogP contribution in [0.25, 0.3) is 0 Å². The Morgan fingerprint density at radius 3 is 2.40 bits per heavy atom. The lowest BCUT2D eigenvalue weighted by atomic mass is 9.96. The van der Waals surface area contributed by atoms with E-state index in [-0.39, 0.29) is 11.9 Å². The van der Waals surface area contributed by atoms with Crippen molar-refractivity contribution < 1.29 is 9.53 Å². The molecule has 0 aliphatic carbocycles. The first kappa shape index (κ1) is 11.4. The highest BCUT2D eigenvalue weighted by molar-refractivity contribution is 5.78. The van der Waals surface area contributed by atoms with Crippen LogP contribution in [0.1, 0.15) is 24.8 Å². The fraction of sp³-hybridized carbons (Fsp3) is 0.364. The molecule has 0 saturated carbocycles. The van der Waals surface area contributed by atoms with Crippen LogP contribution in [0.4, 0.5) is 5.69 Å². The van der Waals surface area contributed by atoms with E-state index in [9.17, 15) is 9.70 Å². The molecule has 0 bridgehead atoms. The van der Waals surface area contributed by atoms with Gasteiger partial charge in [0.15, 0.2) is 0 Å². The second-order valence-corrected chi connectivity index (χ2v) is 3.17. The Kier molecular flexibility index (Phi) is 3.97. The molecule has 0 radical (unpaired) electrons. The van der Waals surface area contributed by atoms with Crippen molar-refractivity contribution >= 4 is 11.7 Å². The van der Waals surface area contributed by atoms with Crippen LogP contribution in [0.2, 0.25) is 0 Å². The van der Waals surface area contributed by atoms with Crippen molar-refractivity contribution in [1.82, 2.24) is 0 Å². The molecule has 15 heavy (non-hydrogen) atoms. The van der Waals surface area contributed by atoms with Crippen molar-refractivity contribution in [3.8, 4) is 0 Å². The van der Waals surface area contributed by atoms with E-state index in [1.807, 2.05) is 6.92 Å². The van der Waals surface area contributed by atoms with Crippen molar-refractivity contribution in [3.63, 3.8) is 0 Å². The second kappa shape index (κ2) is 5.24. The molecule has 1 atom stereocenters. The normalized spacial score (nSPS) is 11.9. The minimum absolute atomic E-state index is 0.260. The summed E-state index contributed by atoms with van der Waals surface area (Å²) in [7, 11) is 1.37. The van der Waals surface area contributed by atoms with Crippen molar-refractivity contribution in [2.75, 3.05) is 7.11 Å². The van der Waals surface area contributed by atoms with Crippen LogP contribution in [0, 0.1) is 4.91 Å². The maximum absolute atomic E-state index is 11.4. The number of carbonyl (C=O) groups excluding carboxylic acids is 1. The smallest absolute Gasteiger partial charge is 0.313 e. The predicted octanol–water partition coefficient (Wildman–Crippen LogP) is 2.75. The highest BCUT2D eigenvalue weighted by Crippen LogP contribution is 2.23. The van der Waals surface area contributed by atoms with Gasteiger partial charge in [-0.3, -0.25) is 4.79 Å². The SMILES string of the molecule is CCC(C(=O)OC)c1ccc(N=O)cc1. The van der Waals surface area contributed by atoms with Gasteiger partial charge in [-0.05, 0) is 29.3 Å². The van der Waals surface area contributed by atoms with Gasteiger partial charge in [-0.2, -0.15) is 0 Å². The average molecular weight is 207 g/mol. The standard InChI is InChI=1S/C11H13NO3/c1-3-10(11(13)15-2)8-4-6-9(12-14)7-5-8/h4-7,10H,3H2,1-2H3. The van der Waals surface area contributed by atoms with E-state index in [4.69, 9.17) is 4.74 Å². The van der Waals surface area contributed by atoms with Crippen LogP contribution in [-0.2, 0) is 9.53 Å². The van der Waals surface area contributed by atoms with E-state index in [1.54, 1.807) is 24.3 Å². The molecule has 4 heteroatoms. The molecule has 80 valence electrons. The minimum atomic E-state index is -0.268. The zero-order valence-electron chi connectivity index (χ0n) is 8.77. The van der Waals surface area contributed by atoms with Crippen LogP contribution < -0.4 is 0 Å². The quantitative estimate of drug-likeness (QED) is 0.563. The molecule has 0 spiro atoms. The molecule has 0 saturated heterocycles. The Morgan fingerprint density at radius 1 is 1.40 bits per heavy atom. The summed E-state index contributed by atoms with van der Waals surface area (Å²) < 4.78 is 4.69. The van der Waals surface area contributed by atoms with Gasteiger partial charge in [0.05, 0.1) is 13.0 Å². The summed E-state index contributed by atoms with van der Waals surface area (Å²) in [4.78, 5) is 21.6. The van der Waals surface area contributed by atoms with Gasteiger partial charge in [0.1, 0.15) is 5.69 Å². The maximum Gasteiger partial charge on any atom is 0.313 e. The molecule has 1 aromatic rings. The van der Waals surface area contributed by atoms with E-state index >= 15 is 0 Å². The summed E-state index contributed by atoms with van der Waals surface area (Å²) in [5.74, 6) is -0.528. The van der Waals surface area contributed by atoms with Crippen molar-refractivity contribution in [1.29, 1.82) is 0 Å². The van der Waals surface area contributed by atoms with Crippen LogP contribution >= 0.6 is 0 Å². The fourth-order valence-corrected chi connectivity index (χ4v) is 1.45. The molecule has 0 N–H and O–H groups in total. The molecule has 0 aliphatic heterocycles. The van der Waals surface area contributed by atoms with Crippen molar-refractivity contribution in [3.05, 3.63) is 34.7 Å². The number of nitroso groups, excluding NO2 is 1. The maximum atomic E-state index is 11.4. The molecule has 0 fully saturated rings. The number of nitrogens with zero attached hydrogens (tertiary/aromatic N) is 1. The lowest BCUT2D eigenvalue weighted by Gasteiger charge is -2.12. The molecule has 0 amide bonds. The van der Waals surface area contributed by atoms with Crippen molar-refractivity contribution in [2.45, 2.75) is 19.3 Å². The molecule has 1 rings (SSSR count). The molecule has 0 aromatic heterocycles. The summed E-state index contributed by atoms with van der Waals surface area (Å²) in [6, 6.07) is 6.63. The summed E-state index contributed by atoms with van der Waals surface area (Å²) in [5, 5.41) is 2.80. The summed E-state index contributed by atoms with van der Waals surface area (Å²) >= 11 is 0. The zero-order valence-corrected chi connectivity index (χ0v) is 8.77. The van der Waals surface area contributed by atoms with E-state index in [0.29, 0.717) is 12.1 Å². The number of ether oxygens (including phenoxy) is 1. The summed E-state index contributed by atoms with van der Waals surface area (Å²) in [6.07, 6.45) is 0.667. The Morgan fingerprint density at radius 2 is 2.00 bits per heavy atom. The number of hydrogen-bond acceptors (Lipinski definition) is 4. The van der Waals surface area contributed by atoms with Gasteiger partial charge in [-0.25, -0.2) is 0 Å². The van der Waals surface area contributed by atoms with Crippen LogP contribution in [0.5, 0.6) is 0 Å². The Labute approximate surface area is 88.2 Å². The number of carbonyl (C=O) groups is 1. The van der Waals surface area contributed by atoms with Gasteiger partial charge >= 0.3 is 5.97 Å². The third-order valence-corrected chi connectivity index (χ3v) is 2.29. The average Bonchev–Trinajstić information content (AvgIpc) is 2.30. The van der Waals surface area contributed by atoms with Gasteiger partial charge < -0.3 is 4.74 Å². The van der Waals surface area contributed by atoms with Gasteiger partial charge in [0.25, 0.3) is 0 Å². The lowest BCUT2D eigenvalue weighted by molar-refractivity contribution is -0.142. The highest BCUT2D eigenvalue weighted by Gasteiger charge is 2.18. The molecule has 1 unspecified atom stereocenters. The van der Waals surface area contributed by atoms with Crippen molar-refractivity contribution in [2.24, 2.45) is 5.18 Å². The van der Waals surface area contributed by atoms with E-state index in [1.165, 1.54) is 7.11 Å². The topological polar surface area (TPSA) is 55.7 Å². The minimum Gasteiger partial charge on any atom is -0.469 e. The molecule has 4 nitrogen and oxygen atoms in total. The molecule has 1 aromatic carbocycles. The zero-order chi connectivity index (χ0) is 11.3. The molecular weight excluding hydrogens is 194 g/mol. The van der Waals surface area contributed by atoms with Gasteiger partial charge in [0.2, 0.25) is 0 Å². The Bertz CT molecular complexity index is 345. The Hall–Kier alpha value is -1.71. The first-order valence-electron chi connectivity index (χ1n) is 4.74. The summed E-state index contributed by atoms with van der Waals surface area (Å²) in [6.45, 7) is 1.91. The van der Waals surface area contributed by atoms with Gasteiger partial charge in [-0.1, -0.05) is 19.1 Å². The largest absolute Gasteiger partial charge is 0.469 e.